The van der Waals surface area contributed by atoms with E-state index in [0.717, 1.165) is 53.5 Å². The molecule has 6 nitrogen and oxygen atoms in total. The summed E-state index contributed by atoms with van der Waals surface area (Å²) >= 11 is 0. The van der Waals surface area contributed by atoms with Gasteiger partial charge in [0.1, 0.15) is 5.75 Å². The van der Waals surface area contributed by atoms with Gasteiger partial charge in [-0.2, -0.15) is 0 Å². The van der Waals surface area contributed by atoms with Gasteiger partial charge in [0.2, 0.25) is 0 Å². The molecule has 33 heavy (non-hydrogen) atoms. The number of rotatable bonds is 6. The molecule has 1 aliphatic rings. The van der Waals surface area contributed by atoms with Crippen molar-refractivity contribution in [3.8, 4) is 17.0 Å². The number of carbonyl (C=O) groups excluding carboxylic acids is 1. The van der Waals surface area contributed by atoms with Crippen LogP contribution >= 0.6 is 0 Å². The summed E-state index contributed by atoms with van der Waals surface area (Å²) in [7, 11) is 0. The molecule has 172 valence electrons. The number of aromatic nitrogens is 2. The topological polar surface area (TPSA) is 58.6 Å². The van der Waals surface area contributed by atoms with Gasteiger partial charge in [0, 0.05) is 31.7 Å². The van der Waals surface area contributed by atoms with Crippen molar-refractivity contribution in [2.45, 2.75) is 40.2 Å². The van der Waals surface area contributed by atoms with E-state index in [1.54, 1.807) is 0 Å². The molecule has 1 saturated heterocycles. The van der Waals surface area contributed by atoms with Crippen molar-refractivity contribution < 1.29 is 9.53 Å². The summed E-state index contributed by atoms with van der Waals surface area (Å²) in [6.07, 6.45) is 0.505. The van der Waals surface area contributed by atoms with E-state index in [2.05, 4.69) is 46.3 Å². The number of piperazine rings is 1. The molecule has 4 rings (SSSR count). The number of nitrogens with zero attached hydrogens (tertiary/aromatic N) is 4. The summed E-state index contributed by atoms with van der Waals surface area (Å²) in [5.74, 6) is 1.64. The van der Waals surface area contributed by atoms with Crippen molar-refractivity contribution in [3.63, 3.8) is 0 Å². The van der Waals surface area contributed by atoms with Gasteiger partial charge in [0.25, 0.3) is 5.91 Å². The minimum Gasteiger partial charge on any atom is -0.481 e. The first-order chi connectivity index (χ1) is 16.0. The predicted octanol–water partition coefficient (Wildman–Crippen LogP) is 4.44. The van der Waals surface area contributed by atoms with E-state index < -0.39 is 6.10 Å². The van der Waals surface area contributed by atoms with Crippen LogP contribution in [0.4, 0.5) is 5.82 Å². The van der Waals surface area contributed by atoms with Crippen molar-refractivity contribution >= 4 is 11.7 Å². The molecule has 6 heteroatoms. The van der Waals surface area contributed by atoms with Gasteiger partial charge in [-0.25, -0.2) is 0 Å². The monoisotopic (exact) mass is 444 g/mol. The average molecular weight is 445 g/mol. The lowest BCUT2D eigenvalue weighted by Crippen LogP contribution is -2.52. The quantitative estimate of drug-likeness (QED) is 0.563. The average Bonchev–Trinajstić information content (AvgIpc) is 2.86. The highest BCUT2D eigenvalue weighted by Gasteiger charge is 2.27. The van der Waals surface area contributed by atoms with Gasteiger partial charge in [-0.05, 0) is 62.1 Å². The van der Waals surface area contributed by atoms with Gasteiger partial charge >= 0.3 is 0 Å². The van der Waals surface area contributed by atoms with E-state index in [1.165, 1.54) is 5.56 Å². The van der Waals surface area contributed by atoms with E-state index in [4.69, 9.17) is 4.74 Å². The molecule has 0 spiro atoms. The Labute approximate surface area is 196 Å². The number of benzene rings is 2. The summed E-state index contributed by atoms with van der Waals surface area (Å²) in [5.41, 5.74) is 5.48. The number of hydrogen-bond acceptors (Lipinski definition) is 5. The van der Waals surface area contributed by atoms with E-state index in [1.807, 2.05) is 56.0 Å². The third kappa shape index (κ3) is 5.16. The number of hydrogen-bond donors (Lipinski definition) is 0. The zero-order valence-electron chi connectivity index (χ0n) is 19.9. The predicted molar refractivity (Wildman–Crippen MR) is 132 cm³/mol. The van der Waals surface area contributed by atoms with Crippen LogP contribution in [0.15, 0.2) is 54.6 Å². The van der Waals surface area contributed by atoms with Crippen molar-refractivity contribution in [3.05, 3.63) is 71.3 Å². The second kappa shape index (κ2) is 10.0. The highest BCUT2D eigenvalue weighted by molar-refractivity contribution is 5.81. The molecule has 2 heterocycles. The second-order valence-electron chi connectivity index (χ2n) is 8.60. The molecule has 1 aliphatic heterocycles. The number of anilines is 1. The molecule has 0 N–H and O–H groups in total. The minimum absolute atomic E-state index is 0.0208. The number of ether oxygens (including phenoxy) is 1. The SMILES string of the molecule is CCc1ccc(-c2ccc(N3CCN(C(=O)C(C)Oc4cccc(C)c4C)CC3)nn2)cc1. The largest absolute Gasteiger partial charge is 0.481 e. The number of carbonyl (C=O) groups is 1. The molecule has 1 aromatic heterocycles. The third-order valence-electron chi connectivity index (χ3n) is 6.43. The molecule has 0 bridgehead atoms. The smallest absolute Gasteiger partial charge is 0.263 e. The van der Waals surface area contributed by atoms with Gasteiger partial charge in [0.15, 0.2) is 11.9 Å². The Morgan fingerprint density at radius 2 is 1.70 bits per heavy atom. The Kier molecular flexibility index (Phi) is 6.92. The summed E-state index contributed by atoms with van der Waals surface area (Å²) in [5, 5.41) is 8.88. The Bertz CT molecular complexity index is 1090. The van der Waals surface area contributed by atoms with E-state index in [0.29, 0.717) is 13.1 Å². The number of amides is 1. The van der Waals surface area contributed by atoms with Crippen LogP contribution in [-0.2, 0) is 11.2 Å². The first kappa shape index (κ1) is 22.8. The molecular weight excluding hydrogens is 412 g/mol. The van der Waals surface area contributed by atoms with Crippen LogP contribution in [0.25, 0.3) is 11.3 Å². The summed E-state index contributed by atoms with van der Waals surface area (Å²) in [6.45, 7) is 10.8. The molecule has 1 fully saturated rings. The molecule has 1 amide bonds. The van der Waals surface area contributed by atoms with Gasteiger partial charge < -0.3 is 14.5 Å². The first-order valence-corrected chi connectivity index (χ1v) is 11.7. The van der Waals surface area contributed by atoms with Crippen molar-refractivity contribution in [1.82, 2.24) is 15.1 Å². The molecule has 1 atom stereocenters. The molecule has 1 unspecified atom stereocenters. The van der Waals surface area contributed by atoms with Crippen LogP contribution < -0.4 is 9.64 Å². The van der Waals surface area contributed by atoms with Gasteiger partial charge in [-0.3, -0.25) is 4.79 Å². The summed E-state index contributed by atoms with van der Waals surface area (Å²) in [6, 6.07) is 18.4. The molecule has 3 aromatic rings. The fourth-order valence-electron chi connectivity index (χ4n) is 4.06. The lowest BCUT2D eigenvalue weighted by atomic mass is 10.1. The molecular formula is C27H32N4O2. The maximum Gasteiger partial charge on any atom is 0.263 e. The Balaban J connectivity index is 1.33. The maximum atomic E-state index is 12.9. The van der Waals surface area contributed by atoms with Crippen LogP contribution in [0, 0.1) is 13.8 Å². The summed E-state index contributed by atoms with van der Waals surface area (Å²) < 4.78 is 5.99. The zero-order chi connectivity index (χ0) is 23.4. The van der Waals surface area contributed by atoms with Crippen LogP contribution in [0.5, 0.6) is 5.75 Å². The first-order valence-electron chi connectivity index (χ1n) is 11.7. The Hall–Kier alpha value is -3.41. The van der Waals surface area contributed by atoms with E-state index >= 15 is 0 Å². The molecule has 0 saturated carbocycles. The Morgan fingerprint density at radius 1 is 0.970 bits per heavy atom. The van der Waals surface area contributed by atoms with Gasteiger partial charge in [-0.1, -0.05) is 43.3 Å². The number of aryl methyl sites for hydroxylation is 2. The van der Waals surface area contributed by atoms with E-state index in [-0.39, 0.29) is 5.91 Å². The highest BCUT2D eigenvalue weighted by atomic mass is 16.5. The maximum absolute atomic E-state index is 12.9. The van der Waals surface area contributed by atoms with Crippen molar-refractivity contribution in [2.24, 2.45) is 0 Å². The highest BCUT2D eigenvalue weighted by Crippen LogP contribution is 2.23. The third-order valence-corrected chi connectivity index (χ3v) is 6.43. The van der Waals surface area contributed by atoms with Crippen LogP contribution in [-0.4, -0.2) is 53.3 Å². The second-order valence-corrected chi connectivity index (χ2v) is 8.60. The van der Waals surface area contributed by atoms with Crippen LogP contribution in [0.2, 0.25) is 0 Å². The fourth-order valence-corrected chi connectivity index (χ4v) is 4.06. The normalized spacial score (nSPS) is 14.8. The standard InChI is InChI=1S/C27H32N4O2/c1-5-22-9-11-23(12-10-22)24-13-14-26(29-28-24)30-15-17-31(18-16-30)27(32)21(4)33-25-8-6-7-19(2)20(25)3/h6-14,21H,5,15-18H2,1-4H3. The van der Waals surface area contributed by atoms with E-state index in [9.17, 15) is 4.79 Å². The fraction of sp³-hybridized carbons (Fsp3) is 0.370. The summed E-state index contributed by atoms with van der Waals surface area (Å²) in [4.78, 5) is 17.0. The zero-order valence-corrected chi connectivity index (χ0v) is 19.9. The van der Waals surface area contributed by atoms with Crippen molar-refractivity contribution in [1.29, 1.82) is 0 Å². The van der Waals surface area contributed by atoms with Crippen LogP contribution in [0.3, 0.4) is 0 Å². The van der Waals surface area contributed by atoms with Crippen LogP contribution in [0.1, 0.15) is 30.5 Å². The lowest BCUT2D eigenvalue weighted by molar-refractivity contribution is -0.138. The van der Waals surface area contributed by atoms with Crippen molar-refractivity contribution in [2.75, 3.05) is 31.1 Å². The molecule has 2 aromatic carbocycles. The van der Waals surface area contributed by atoms with Gasteiger partial charge in [-0.15, -0.1) is 10.2 Å². The lowest BCUT2D eigenvalue weighted by Gasteiger charge is -2.36. The molecule has 0 radical (unpaired) electrons. The van der Waals surface area contributed by atoms with Gasteiger partial charge in [0.05, 0.1) is 5.69 Å². The molecule has 0 aliphatic carbocycles. The Morgan fingerprint density at radius 3 is 2.33 bits per heavy atom. The minimum atomic E-state index is -0.518.